The van der Waals surface area contributed by atoms with Crippen LogP contribution in [0.1, 0.15) is 5.56 Å². The van der Waals surface area contributed by atoms with Gasteiger partial charge in [0.2, 0.25) is 0 Å². The molecule has 6 heteroatoms. The molecule has 0 atom stereocenters. The second-order valence-electron chi connectivity index (χ2n) is 3.00. The maximum Gasteiger partial charge on any atom is 1.00 e. The Kier molecular flexibility index (Phi) is 4.11. The fraction of sp³-hybridized carbons (Fsp3) is 0.250. The fourth-order valence-corrected chi connectivity index (χ4v) is 1.56. The minimum absolute atomic E-state index is 0. The first-order chi connectivity index (χ1) is 6.09. The van der Waals surface area contributed by atoms with Gasteiger partial charge in [-0.25, -0.2) is 0 Å². The molecule has 0 fully saturated rings. The molecule has 0 aliphatic carbocycles. The van der Waals surface area contributed by atoms with Crippen LogP contribution in [0.2, 0.25) is 0 Å². The third-order valence-electron chi connectivity index (χ3n) is 2.13. The molecule has 1 nitrogen and oxygen atoms in total. The van der Waals surface area contributed by atoms with E-state index in [9.17, 15) is 12.9 Å². The van der Waals surface area contributed by atoms with Gasteiger partial charge in [-0.2, -0.15) is 0 Å². The van der Waals surface area contributed by atoms with Crippen molar-refractivity contribution in [3.05, 3.63) is 23.8 Å². The van der Waals surface area contributed by atoms with Crippen molar-refractivity contribution >= 4 is 12.4 Å². The summed E-state index contributed by atoms with van der Waals surface area (Å²) in [4.78, 5) is 0. The zero-order valence-electron chi connectivity index (χ0n) is 7.77. The van der Waals surface area contributed by atoms with Gasteiger partial charge in [-0.05, 0) is 11.6 Å². The molecule has 1 aromatic carbocycles. The number of ether oxygens (including phenoxy) is 1. The summed E-state index contributed by atoms with van der Waals surface area (Å²) in [6.45, 7) is -4.54. The molecule has 0 radical (unpaired) electrons. The summed E-state index contributed by atoms with van der Waals surface area (Å²) < 4.78 is 42.4. The van der Waals surface area contributed by atoms with Crippen molar-refractivity contribution in [3.63, 3.8) is 0 Å². The van der Waals surface area contributed by atoms with Gasteiger partial charge < -0.3 is 17.7 Å². The molecule has 0 saturated heterocycles. The maximum atomic E-state index is 12.5. The Morgan fingerprint density at radius 1 is 1.21 bits per heavy atom. The fourth-order valence-electron chi connectivity index (χ4n) is 1.56. The first kappa shape index (κ1) is 12.6. The van der Waals surface area contributed by atoms with E-state index in [1.807, 2.05) is 0 Å². The second-order valence-corrected chi connectivity index (χ2v) is 3.00. The maximum absolute atomic E-state index is 12.5. The van der Waals surface area contributed by atoms with Crippen LogP contribution in [0.5, 0.6) is 5.75 Å². The Labute approximate surface area is 122 Å². The predicted octanol–water partition coefficient (Wildman–Crippen LogP) is -1.32. The summed E-state index contributed by atoms with van der Waals surface area (Å²) >= 11 is 0. The Morgan fingerprint density at radius 3 is 2.57 bits per heavy atom. The summed E-state index contributed by atoms with van der Waals surface area (Å²) in [6.07, 6.45) is 0.368. The SMILES string of the molecule is F[B-](F)(F)c1cccc2c1CCO2.[K+]. The molecule has 2 rings (SSSR count). The summed E-state index contributed by atoms with van der Waals surface area (Å²) in [6, 6.07) is 4.08. The number of hydrogen-bond donors (Lipinski definition) is 0. The molecule has 1 aromatic rings. The molecule has 1 heterocycles. The minimum atomic E-state index is -4.90. The topological polar surface area (TPSA) is 9.23 Å². The first-order valence-electron chi connectivity index (χ1n) is 4.03. The molecule has 0 amide bonds. The summed E-state index contributed by atoms with van der Waals surface area (Å²) in [7, 11) is 0. The average molecular weight is 226 g/mol. The van der Waals surface area contributed by atoms with Gasteiger partial charge in [0, 0.05) is 6.42 Å². The molecule has 1 aliphatic rings. The Balaban J connectivity index is 0.000000980. The zero-order chi connectivity index (χ0) is 9.47. The molecule has 14 heavy (non-hydrogen) atoms. The quantitative estimate of drug-likeness (QED) is 0.540. The van der Waals surface area contributed by atoms with E-state index < -0.39 is 12.4 Å². The van der Waals surface area contributed by atoms with Crippen molar-refractivity contribution < 1.29 is 69.1 Å². The monoisotopic (exact) mass is 226 g/mol. The normalized spacial score (nSPS) is 14.2. The molecule has 0 bridgehead atoms. The molecule has 0 aromatic heterocycles. The van der Waals surface area contributed by atoms with E-state index in [0.29, 0.717) is 24.3 Å². The van der Waals surface area contributed by atoms with Crippen LogP contribution in [0.15, 0.2) is 18.2 Å². The Morgan fingerprint density at radius 2 is 1.93 bits per heavy atom. The van der Waals surface area contributed by atoms with Crippen molar-refractivity contribution in [1.29, 1.82) is 0 Å². The standard InChI is InChI=1S/C8H7BF3O.K/c10-9(11,12)7-2-1-3-8-6(7)4-5-13-8;/h1-3H,4-5H2;/q-1;+1. The van der Waals surface area contributed by atoms with Crippen LogP contribution in [0.4, 0.5) is 12.9 Å². The average Bonchev–Trinajstić information content (AvgIpc) is 2.48. The molecule has 0 unspecified atom stereocenters. The summed E-state index contributed by atoms with van der Waals surface area (Å²) in [5.74, 6) is 0.386. The molecule has 70 valence electrons. The van der Waals surface area contributed by atoms with Crippen LogP contribution in [-0.2, 0) is 6.42 Å². The summed E-state index contributed by atoms with van der Waals surface area (Å²) in [5, 5.41) is 0. The van der Waals surface area contributed by atoms with Crippen LogP contribution >= 0.6 is 0 Å². The van der Waals surface area contributed by atoms with E-state index in [0.717, 1.165) is 6.07 Å². The third-order valence-corrected chi connectivity index (χ3v) is 2.13. The Bertz CT molecular complexity index is 340. The van der Waals surface area contributed by atoms with Crippen molar-refractivity contribution in [2.45, 2.75) is 6.42 Å². The van der Waals surface area contributed by atoms with Gasteiger partial charge in [0.1, 0.15) is 5.75 Å². The molecule has 0 saturated carbocycles. The van der Waals surface area contributed by atoms with Gasteiger partial charge in [-0.3, -0.25) is 0 Å². The van der Waals surface area contributed by atoms with E-state index >= 15 is 0 Å². The first-order valence-corrected chi connectivity index (χ1v) is 4.03. The van der Waals surface area contributed by atoms with E-state index in [1.54, 1.807) is 6.07 Å². The van der Waals surface area contributed by atoms with Crippen molar-refractivity contribution in [2.75, 3.05) is 6.61 Å². The Hall–Kier alpha value is 0.511. The number of benzene rings is 1. The zero-order valence-corrected chi connectivity index (χ0v) is 10.9. The minimum Gasteiger partial charge on any atom is -0.493 e. The smallest absolute Gasteiger partial charge is 0.493 e. The summed E-state index contributed by atoms with van der Waals surface area (Å²) in [5.41, 5.74) is -0.190. The van der Waals surface area contributed by atoms with E-state index in [-0.39, 0.29) is 51.4 Å². The van der Waals surface area contributed by atoms with E-state index in [2.05, 4.69) is 0 Å². The number of hydrogen-bond acceptors (Lipinski definition) is 1. The van der Waals surface area contributed by atoms with Crippen LogP contribution in [-0.4, -0.2) is 13.6 Å². The molecule has 0 spiro atoms. The van der Waals surface area contributed by atoms with Gasteiger partial charge in [0.15, 0.2) is 0 Å². The third kappa shape index (κ3) is 2.36. The van der Waals surface area contributed by atoms with Gasteiger partial charge in [-0.15, -0.1) is 5.46 Å². The van der Waals surface area contributed by atoms with Gasteiger partial charge in [0.25, 0.3) is 0 Å². The molecule has 0 N–H and O–H groups in total. The molecule has 1 aliphatic heterocycles. The van der Waals surface area contributed by atoms with Crippen LogP contribution in [0, 0.1) is 0 Å². The van der Waals surface area contributed by atoms with Gasteiger partial charge in [-0.1, -0.05) is 12.1 Å². The largest absolute Gasteiger partial charge is 1.00 e. The molecular weight excluding hydrogens is 219 g/mol. The van der Waals surface area contributed by atoms with Crippen LogP contribution < -0.4 is 61.6 Å². The van der Waals surface area contributed by atoms with Crippen molar-refractivity contribution in [3.8, 4) is 5.75 Å². The van der Waals surface area contributed by atoms with Crippen molar-refractivity contribution in [1.82, 2.24) is 0 Å². The van der Waals surface area contributed by atoms with Gasteiger partial charge >= 0.3 is 58.4 Å². The number of fused-ring (bicyclic) bond motifs is 1. The van der Waals surface area contributed by atoms with Crippen LogP contribution in [0.3, 0.4) is 0 Å². The van der Waals surface area contributed by atoms with E-state index in [1.165, 1.54) is 6.07 Å². The number of halogens is 3. The van der Waals surface area contributed by atoms with Gasteiger partial charge in [0.05, 0.1) is 6.61 Å². The predicted molar refractivity (Wildman–Crippen MR) is 44.4 cm³/mol. The van der Waals surface area contributed by atoms with E-state index in [4.69, 9.17) is 4.74 Å². The molecular formula is C8H7BF3KO. The second kappa shape index (κ2) is 4.57. The van der Waals surface area contributed by atoms with Crippen LogP contribution in [0.25, 0.3) is 0 Å². The number of rotatable bonds is 1. The van der Waals surface area contributed by atoms with Crippen molar-refractivity contribution in [2.24, 2.45) is 0 Å².